The van der Waals surface area contributed by atoms with Gasteiger partial charge in [0.25, 0.3) is 5.91 Å². The van der Waals surface area contributed by atoms with Crippen molar-refractivity contribution in [1.82, 2.24) is 9.88 Å². The van der Waals surface area contributed by atoms with Crippen LogP contribution in [0.1, 0.15) is 35.3 Å². The van der Waals surface area contributed by atoms with Crippen LogP contribution in [0.15, 0.2) is 48.7 Å². The molecule has 0 spiro atoms. The number of rotatable bonds is 6. The van der Waals surface area contributed by atoms with Gasteiger partial charge in [0.05, 0.1) is 6.61 Å². The number of hydrogen-bond acceptors (Lipinski definition) is 3. The molecule has 4 nitrogen and oxygen atoms in total. The molecule has 1 amide bonds. The first-order valence-corrected chi connectivity index (χ1v) is 8.75. The molecular formula is C20H23FN2O2. The third-order valence-electron chi connectivity index (χ3n) is 4.61. The molecule has 0 radical (unpaired) electrons. The molecule has 1 fully saturated rings. The first-order valence-electron chi connectivity index (χ1n) is 8.75. The summed E-state index contributed by atoms with van der Waals surface area (Å²) in [5, 5.41) is 0. The highest BCUT2D eigenvalue weighted by molar-refractivity contribution is 5.92. The Morgan fingerprint density at radius 2 is 2.04 bits per heavy atom. The number of carbonyl (C=O) groups excluding carboxylic acids is 1. The number of pyridine rings is 1. The van der Waals surface area contributed by atoms with Crippen LogP contribution in [-0.2, 0) is 11.3 Å². The minimum absolute atomic E-state index is 0.0152. The Morgan fingerprint density at radius 1 is 1.20 bits per heavy atom. The largest absolute Gasteiger partial charge is 0.377 e. The van der Waals surface area contributed by atoms with Crippen molar-refractivity contribution in [3.63, 3.8) is 0 Å². The van der Waals surface area contributed by atoms with Crippen LogP contribution in [0, 0.1) is 11.7 Å². The van der Waals surface area contributed by atoms with Gasteiger partial charge < -0.3 is 9.64 Å². The van der Waals surface area contributed by atoms with E-state index >= 15 is 0 Å². The van der Waals surface area contributed by atoms with Crippen LogP contribution in [0.25, 0.3) is 0 Å². The molecule has 1 aliphatic heterocycles. The summed E-state index contributed by atoms with van der Waals surface area (Å²) >= 11 is 0. The highest BCUT2D eigenvalue weighted by atomic mass is 19.1. The second-order valence-corrected chi connectivity index (χ2v) is 6.42. The smallest absolute Gasteiger partial charge is 0.272 e. The van der Waals surface area contributed by atoms with Crippen LogP contribution in [0.4, 0.5) is 4.39 Å². The number of benzene rings is 1. The Hall–Kier alpha value is -2.27. The molecule has 0 unspecified atom stereocenters. The van der Waals surface area contributed by atoms with Crippen LogP contribution < -0.4 is 0 Å². The van der Waals surface area contributed by atoms with E-state index in [9.17, 15) is 9.18 Å². The maximum Gasteiger partial charge on any atom is 0.272 e. The highest BCUT2D eigenvalue weighted by Crippen LogP contribution is 2.21. The summed E-state index contributed by atoms with van der Waals surface area (Å²) in [6.45, 7) is 2.64. The van der Waals surface area contributed by atoms with Crippen molar-refractivity contribution < 1.29 is 13.9 Å². The lowest BCUT2D eigenvalue weighted by atomic mass is 9.94. The van der Waals surface area contributed by atoms with Crippen molar-refractivity contribution in [2.75, 3.05) is 19.7 Å². The van der Waals surface area contributed by atoms with Crippen LogP contribution >= 0.6 is 0 Å². The zero-order valence-electron chi connectivity index (χ0n) is 14.2. The van der Waals surface area contributed by atoms with E-state index < -0.39 is 0 Å². The predicted octanol–water partition coefficient (Wildman–Crippen LogP) is 3.68. The van der Waals surface area contributed by atoms with E-state index in [1.807, 2.05) is 23.1 Å². The van der Waals surface area contributed by atoms with E-state index in [2.05, 4.69) is 4.98 Å². The average molecular weight is 342 g/mol. The van der Waals surface area contributed by atoms with Gasteiger partial charge in [0.2, 0.25) is 0 Å². The summed E-state index contributed by atoms with van der Waals surface area (Å²) in [5.41, 5.74) is 1.37. The fraction of sp³-hybridized carbons (Fsp3) is 0.400. The number of carbonyl (C=O) groups is 1. The standard InChI is InChI=1S/C20H23FN2O2/c21-18-5-3-4-17(14-18)15-25-13-9-16-7-11-23(12-8-16)20(24)19-6-1-2-10-22-19/h1-6,10,14,16H,7-9,11-13,15H2. The van der Waals surface area contributed by atoms with Gasteiger partial charge in [-0.1, -0.05) is 18.2 Å². The third-order valence-corrected chi connectivity index (χ3v) is 4.61. The number of amides is 1. The molecule has 1 aromatic carbocycles. The summed E-state index contributed by atoms with van der Waals surface area (Å²) in [5.74, 6) is 0.354. The van der Waals surface area contributed by atoms with Gasteiger partial charge in [-0.3, -0.25) is 9.78 Å². The molecule has 0 atom stereocenters. The number of aromatic nitrogens is 1. The Labute approximate surface area is 147 Å². The van der Waals surface area contributed by atoms with Crippen molar-refractivity contribution in [2.45, 2.75) is 25.9 Å². The fourth-order valence-corrected chi connectivity index (χ4v) is 3.14. The van der Waals surface area contributed by atoms with Gasteiger partial charge in [-0.15, -0.1) is 0 Å². The fourth-order valence-electron chi connectivity index (χ4n) is 3.14. The van der Waals surface area contributed by atoms with Gasteiger partial charge in [-0.2, -0.15) is 0 Å². The molecule has 1 aromatic heterocycles. The first kappa shape index (κ1) is 17.5. The molecule has 0 saturated carbocycles. The molecule has 132 valence electrons. The van der Waals surface area contributed by atoms with E-state index in [1.54, 1.807) is 18.3 Å². The minimum Gasteiger partial charge on any atom is -0.377 e. The second kappa shape index (κ2) is 8.72. The van der Waals surface area contributed by atoms with Crippen LogP contribution in [0.2, 0.25) is 0 Å². The molecule has 2 heterocycles. The number of nitrogens with zero attached hydrogens (tertiary/aromatic N) is 2. The Morgan fingerprint density at radius 3 is 2.76 bits per heavy atom. The van der Waals surface area contributed by atoms with Crippen molar-refractivity contribution in [3.05, 3.63) is 65.7 Å². The molecule has 0 N–H and O–H groups in total. The van der Waals surface area contributed by atoms with Gasteiger partial charge in [0, 0.05) is 25.9 Å². The number of piperidine rings is 1. The lowest BCUT2D eigenvalue weighted by Gasteiger charge is -2.31. The molecule has 25 heavy (non-hydrogen) atoms. The summed E-state index contributed by atoms with van der Waals surface area (Å²) in [7, 11) is 0. The summed E-state index contributed by atoms with van der Waals surface area (Å²) < 4.78 is 18.8. The molecule has 1 aliphatic rings. The van der Waals surface area contributed by atoms with Crippen molar-refractivity contribution >= 4 is 5.91 Å². The van der Waals surface area contributed by atoms with E-state index in [0.29, 0.717) is 24.8 Å². The number of likely N-dealkylation sites (tertiary alicyclic amines) is 1. The van der Waals surface area contributed by atoms with Gasteiger partial charge in [0.1, 0.15) is 11.5 Å². The van der Waals surface area contributed by atoms with Gasteiger partial charge in [-0.05, 0) is 55.0 Å². The second-order valence-electron chi connectivity index (χ2n) is 6.42. The van der Waals surface area contributed by atoms with E-state index in [1.165, 1.54) is 12.1 Å². The van der Waals surface area contributed by atoms with Crippen molar-refractivity contribution in [3.8, 4) is 0 Å². The average Bonchev–Trinajstić information content (AvgIpc) is 2.66. The number of hydrogen-bond donors (Lipinski definition) is 0. The lowest BCUT2D eigenvalue weighted by Crippen LogP contribution is -2.39. The van der Waals surface area contributed by atoms with E-state index in [4.69, 9.17) is 4.74 Å². The molecule has 0 bridgehead atoms. The Kier molecular flexibility index (Phi) is 6.12. The number of halogens is 1. The minimum atomic E-state index is -0.231. The molecule has 0 aliphatic carbocycles. The lowest BCUT2D eigenvalue weighted by molar-refractivity contribution is 0.0633. The molecule has 3 rings (SSSR count). The highest BCUT2D eigenvalue weighted by Gasteiger charge is 2.23. The zero-order valence-corrected chi connectivity index (χ0v) is 14.2. The van der Waals surface area contributed by atoms with E-state index in [0.717, 1.165) is 37.9 Å². The van der Waals surface area contributed by atoms with Crippen LogP contribution in [0.3, 0.4) is 0 Å². The molecule has 5 heteroatoms. The summed E-state index contributed by atoms with van der Waals surface area (Å²) in [6.07, 6.45) is 4.60. The molecule has 2 aromatic rings. The normalized spacial score (nSPS) is 15.3. The van der Waals surface area contributed by atoms with Crippen molar-refractivity contribution in [2.24, 2.45) is 5.92 Å². The van der Waals surface area contributed by atoms with Crippen molar-refractivity contribution in [1.29, 1.82) is 0 Å². The quantitative estimate of drug-likeness (QED) is 0.752. The summed E-state index contributed by atoms with van der Waals surface area (Å²) in [6, 6.07) is 11.9. The maximum absolute atomic E-state index is 13.1. The first-order chi connectivity index (χ1) is 12.2. The van der Waals surface area contributed by atoms with Gasteiger partial charge in [-0.25, -0.2) is 4.39 Å². The Bertz CT molecular complexity index is 685. The van der Waals surface area contributed by atoms with Crippen LogP contribution in [-0.4, -0.2) is 35.5 Å². The zero-order chi connectivity index (χ0) is 17.5. The number of ether oxygens (including phenoxy) is 1. The van der Waals surface area contributed by atoms with Gasteiger partial charge >= 0.3 is 0 Å². The molecular weight excluding hydrogens is 319 g/mol. The third kappa shape index (κ3) is 5.10. The Balaban J connectivity index is 1.36. The van der Waals surface area contributed by atoms with Gasteiger partial charge in [0.15, 0.2) is 0 Å². The SMILES string of the molecule is O=C(c1ccccn1)N1CCC(CCOCc2cccc(F)c2)CC1. The maximum atomic E-state index is 13.1. The van der Waals surface area contributed by atoms with Crippen LogP contribution in [0.5, 0.6) is 0 Å². The van der Waals surface area contributed by atoms with E-state index in [-0.39, 0.29) is 11.7 Å². The predicted molar refractivity (Wildman–Crippen MR) is 93.5 cm³/mol. The monoisotopic (exact) mass is 342 g/mol. The topological polar surface area (TPSA) is 42.4 Å². The molecule has 1 saturated heterocycles. The summed E-state index contributed by atoms with van der Waals surface area (Å²) in [4.78, 5) is 18.4.